The van der Waals surface area contributed by atoms with Gasteiger partial charge in [0.2, 0.25) is 5.95 Å². The molecule has 0 saturated carbocycles. The van der Waals surface area contributed by atoms with Gasteiger partial charge < -0.3 is 10.1 Å². The first-order valence-corrected chi connectivity index (χ1v) is 5.67. The van der Waals surface area contributed by atoms with E-state index in [2.05, 4.69) is 24.1 Å². The van der Waals surface area contributed by atoms with Gasteiger partial charge in [0.25, 0.3) is 0 Å². The van der Waals surface area contributed by atoms with Crippen molar-refractivity contribution < 1.29 is 9.13 Å². The molecule has 1 saturated heterocycles. The molecule has 2 atom stereocenters. The SMILES string of the molecule is CC1CC(Nc2ccc(F)nc2)CC(C)O1. The van der Waals surface area contributed by atoms with Crippen LogP contribution in [0.4, 0.5) is 10.1 Å². The van der Waals surface area contributed by atoms with Gasteiger partial charge in [0.15, 0.2) is 0 Å². The normalized spacial score (nSPS) is 30.1. The van der Waals surface area contributed by atoms with E-state index in [-0.39, 0.29) is 12.2 Å². The summed E-state index contributed by atoms with van der Waals surface area (Å²) in [5, 5.41) is 3.36. The van der Waals surface area contributed by atoms with Crippen LogP contribution in [0.15, 0.2) is 18.3 Å². The van der Waals surface area contributed by atoms with Crippen LogP contribution in [0.25, 0.3) is 0 Å². The van der Waals surface area contributed by atoms with E-state index in [0.29, 0.717) is 6.04 Å². The van der Waals surface area contributed by atoms with Gasteiger partial charge in [0, 0.05) is 6.04 Å². The van der Waals surface area contributed by atoms with Gasteiger partial charge in [-0.25, -0.2) is 4.98 Å². The average molecular weight is 224 g/mol. The minimum Gasteiger partial charge on any atom is -0.381 e. The van der Waals surface area contributed by atoms with Gasteiger partial charge in [0.1, 0.15) is 0 Å². The molecule has 3 nitrogen and oxygen atoms in total. The molecular formula is C12H17FN2O. The second-order valence-electron chi connectivity index (χ2n) is 4.44. The molecule has 2 rings (SSSR count). The summed E-state index contributed by atoms with van der Waals surface area (Å²) in [6.07, 6.45) is 4.02. The predicted molar refractivity (Wildman–Crippen MR) is 60.8 cm³/mol. The molecular weight excluding hydrogens is 207 g/mol. The fourth-order valence-corrected chi connectivity index (χ4v) is 2.22. The lowest BCUT2D eigenvalue weighted by Gasteiger charge is -2.33. The number of anilines is 1. The van der Waals surface area contributed by atoms with Gasteiger partial charge in [-0.2, -0.15) is 4.39 Å². The predicted octanol–water partition coefficient (Wildman–Crippen LogP) is 2.59. The lowest BCUT2D eigenvalue weighted by Crippen LogP contribution is -2.36. The molecule has 0 spiro atoms. The molecule has 88 valence electrons. The molecule has 4 heteroatoms. The minimum atomic E-state index is -0.445. The number of ether oxygens (including phenoxy) is 1. The summed E-state index contributed by atoms with van der Waals surface area (Å²) in [4.78, 5) is 3.62. The van der Waals surface area contributed by atoms with Gasteiger partial charge in [-0.15, -0.1) is 0 Å². The number of hydrogen-bond acceptors (Lipinski definition) is 3. The van der Waals surface area contributed by atoms with Crippen LogP contribution in [0.3, 0.4) is 0 Å². The summed E-state index contributed by atoms with van der Waals surface area (Å²) in [7, 11) is 0. The zero-order chi connectivity index (χ0) is 11.5. The average Bonchev–Trinajstić information content (AvgIpc) is 2.20. The summed E-state index contributed by atoms with van der Waals surface area (Å²) < 4.78 is 18.3. The molecule has 0 amide bonds. The fourth-order valence-electron chi connectivity index (χ4n) is 2.22. The molecule has 1 aliphatic heterocycles. The molecule has 1 aliphatic rings. The third-order valence-corrected chi connectivity index (χ3v) is 2.80. The second kappa shape index (κ2) is 4.78. The number of halogens is 1. The Balaban J connectivity index is 1.96. The molecule has 2 unspecified atom stereocenters. The first kappa shape index (κ1) is 11.3. The van der Waals surface area contributed by atoms with Crippen molar-refractivity contribution in [1.29, 1.82) is 0 Å². The first-order valence-electron chi connectivity index (χ1n) is 5.67. The highest BCUT2D eigenvalue weighted by Crippen LogP contribution is 2.22. The molecule has 1 N–H and O–H groups in total. The molecule has 1 aromatic rings. The van der Waals surface area contributed by atoms with Crippen LogP contribution >= 0.6 is 0 Å². The number of rotatable bonds is 2. The topological polar surface area (TPSA) is 34.2 Å². The van der Waals surface area contributed by atoms with Crippen molar-refractivity contribution in [3.8, 4) is 0 Å². The largest absolute Gasteiger partial charge is 0.381 e. The van der Waals surface area contributed by atoms with E-state index in [0.717, 1.165) is 18.5 Å². The number of hydrogen-bond donors (Lipinski definition) is 1. The lowest BCUT2D eigenvalue weighted by atomic mass is 10.00. The summed E-state index contributed by atoms with van der Waals surface area (Å²) >= 11 is 0. The molecule has 0 radical (unpaired) electrons. The van der Waals surface area contributed by atoms with Gasteiger partial charge in [-0.05, 0) is 38.8 Å². The Bertz CT molecular complexity index is 331. The van der Waals surface area contributed by atoms with E-state index in [1.54, 1.807) is 6.07 Å². The monoisotopic (exact) mass is 224 g/mol. The van der Waals surface area contributed by atoms with E-state index >= 15 is 0 Å². The number of pyridine rings is 1. The Morgan fingerprint density at radius 2 is 2.00 bits per heavy atom. The zero-order valence-corrected chi connectivity index (χ0v) is 9.61. The Labute approximate surface area is 95.0 Å². The van der Waals surface area contributed by atoms with Crippen LogP contribution in [0, 0.1) is 5.95 Å². The summed E-state index contributed by atoms with van der Waals surface area (Å²) in [6, 6.07) is 3.47. The van der Waals surface area contributed by atoms with Crippen LogP contribution in [0.5, 0.6) is 0 Å². The molecule has 1 fully saturated rings. The smallest absolute Gasteiger partial charge is 0.212 e. The summed E-state index contributed by atoms with van der Waals surface area (Å²) in [6.45, 7) is 4.15. The Morgan fingerprint density at radius 3 is 2.56 bits per heavy atom. The van der Waals surface area contributed by atoms with Crippen molar-refractivity contribution in [2.45, 2.75) is 44.9 Å². The highest BCUT2D eigenvalue weighted by molar-refractivity contribution is 5.41. The number of nitrogens with zero attached hydrogens (tertiary/aromatic N) is 1. The van der Waals surface area contributed by atoms with Crippen LogP contribution in [-0.2, 0) is 4.74 Å². The van der Waals surface area contributed by atoms with Crippen LogP contribution < -0.4 is 5.32 Å². The summed E-state index contributed by atoms with van der Waals surface area (Å²) in [5.74, 6) is -0.445. The van der Waals surface area contributed by atoms with Crippen molar-refractivity contribution >= 4 is 5.69 Å². The fraction of sp³-hybridized carbons (Fsp3) is 0.583. The maximum absolute atomic E-state index is 12.6. The van der Waals surface area contributed by atoms with E-state index < -0.39 is 5.95 Å². The van der Waals surface area contributed by atoms with Crippen LogP contribution in [-0.4, -0.2) is 23.2 Å². The summed E-state index contributed by atoms with van der Waals surface area (Å²) in [5.41, 5.74) is 0.868. The second-order valence-corrected chi connectivity index (χ2v) is 4.44. The third kappa shape index (κ3) is 2.92. The van der Waals surface area contributed by atoms with Crippen molar-refractivity contribution in [2.24, 2.45) is 0 Å². The highest BCUT2D eigenvalue weighted by atomic mass is 19.1. The van der Waals surface area contributed by atoms with Gasteiger partial charge in [-0.3, -0.25) is 0 Å². The van der Waals surface area contributed by atoms with Gasteiger partial charge >= 0.3 is 0 Å². The van der Waals surface area contributed by atoms with E-state index in [4.69, 9.17) is 4.74 Å². The third-order valence-electron chi connectivity index (χ3n) is 2.80. The van der Waals surface area contributed by atoms with Crippen molar-refractivity contribution in [2.75, 3.05) is 5.32 Å². The van der Waals surface area contributed by atoms with Crippen LogP contribution in [0.1, 0.15) is 26.7 Å². The lowest BCUT2D eigenvalue weighted by molar-refractivity contribution is -0.0337. The highest BCUT2D eigenvalue weighted by Gasteiger charge is 2.24. The van der Waals surface area contributed by atoms with Gasteiger partial charge in [-0.1, -0.05) is 0 Å². The number of aromatic nitrogens is 1. The zero-order valence-electron chi connectivity index (χ0n) is 9.61. The van der Waals surface area contributed by atoms with Crippen molar-refractivity contribution in [3.05, 3.63) is 24.3 Å². The Hall–Kier alpha value is -1.16. The van der Waals surface area contributed by atoms with Gasteiger partial charge in [0.05, 0.1) is 24.1 Å². The molecule has 2 heterocycles. The van der Waals surface area contributed by atoms with E-state index in [1.807, 2.05) is 0 Å². The first-order chi connectivity index (χ1) is 7.63. The van der Waals surface area contributed by atoms with Crippen LogP contribution in [0.2, 0.25) is 0 Å². The molecule has 0 aliphatic carbocycles. The standard InChI is InChI=1S/C12H17FN2O/c1-8-5-11(6-9(2)16-8)15-10-3-4-12(13)14-7-10/h3-4,7-9,11,15H,5-6H2,1-2H3. The molecule has 0 aromatic carbocycles. The van der Waals surface area contributed by atoms with Crippen molar-refractivity contribution in [1.82, 2.24) is 4.98 Å². The van der Waals surface area contributed by atoms with E-state index in [9.17, 15) is 4.39 Å². The number of nitrogens with one attached hydrogen (secondary N) is 1. The Kier molecular flexibility index (Phi) is 3.39. The molecule has 0 bridgehead atoms. The maximum Gasteiger partial charge on any atom is 0.212 e. The molecule has 16 heavy (non-hydrogen) atoms. The van der Waals surface area contributed by atoms with Crippen molar-refractivity contribution in [3.63, 3.8) is 0 Å². The quantitative estimate of drug-likeness (QED) is 0.784. The Morgan fingerprint density at radius 1 is 1.31 bits per heavy atom. The maximum atomic E-state index is 12.6. The van der Waals surface area contributed by atoms with E-state index in [1.165, 1.54) is 12.3 Å². The molecule has 1 aromatic heterocycles. The minimum absolute atomic E-state index is 0.273.